The van der Waals surface area contributed by atoms with Gasteiger partial charge in [0.1, 0.15) is 59.6 Å². The zero-order valence-corrected chi connectivity index (χ0v) is 30.7. The van der Waals surface area contributed by atoms with E-state index in [1.165, 1.54) is 30.1 Å². The van der Waals surface area contributed by atoms with Crippen LogP contribution in [-0.4, -0.2) is 119 Å². The van der Waals surface area contributed by atoms with Gasteiger partial charge in [0.05, 0.1) is 18.6 Å². The highest BCUT2D eigenvalue weighted by Crippen LogP contribution is 2.66. The first kappa shape index (κ1) is 42.8. The second kappa shape index (κ2) is 16.4. The number of nitrogen functional groups attached to an aromatic ring is 2. The fourth-order valence-electron chi connectivity index (χ4n) is 5.42. The molecule has 0 aromatic carbocycles. The van der Waals surface area contributed by atoms with Gasteiger partial charge >= 0.3 is 23.5 Å². The summed E-state index contributed by atoms with van der Waals surface area (Å²) in [5.74, 6) is 0.149. The molecular weight excluding hydrogens is 775 g/mol. The first-order valence-corrected chi connectivity index (χ1v) is 19.9. The average molecular weight is 816 g/mol. The van der Waals surface area contributed by atoms with E-state index in [1.54, 1.807) is 29.1 Å². The summed E-state index contributed by atoms with van der Waals surface area (Å²) in [6.45, 7) is 3.90. The third kappa shape index (κ3) is 9.47. The topological polar surface area (TPSA) is 380 Å². The van der Waals surface area contributed by atoms with Crippen molar-refractivity contribution in [3.63, 3.8) is 0 Å². The van der Waals surface area contributed by atoms with Gasteiger partial charge in [0.15, 0.2) is 12.5 Å². The third-order valence-corrected chi connectivity index (χ3v) is 11.6. The van der Waals surface area contributed by atoms with E-state index in [-0.39, 0.29) is 18.1 Å². The summed E-state index contributed by atoms with van der Waals surface area (Å²) in [6.07, 6.45) is -2.43. The van der Waals surface area contributed by atoms with Gasteiger partial charge < -0.3 is 75.2 Å². The molecule has 0 radical (unpaired) electrons. The fourth-order valence-corrected chi connectivity index (χ4v) is 8.45. The summed E-state index contributed by atoms with van der Waals surface area (Å²) >= 11 is 0. The van der Waals surface area contributed by atoms with Crippen LogP contribution in [-0.2, 0) is 36.3 Å². The number of aliphatic hydroxyl groups excluding tert-OH is 4. The Bertz CT molecular complexity index is 2030. The Kier molecular flexibility index (Phi) is 13.2. The summed E-state index contributed by atoms with van der Waals surface area (Å²) < 4.78 is 59.5. The van der Waals surface area contributed by atoms with Crippen LogP contribution in [0.3, 0.4) is 0 Å². The lowest BCUT2D eigenvalue weighted by Gasteiger charge is -2.27. The Morgan fingerprint density at radius 2 is 1.47 bits per heavy atom. The SMILES string of the molecule is CC.CC1(O)[C@@H](O)[C@@H](COP(=O)(O)OP(=O)(O)OP(=O)(O)O)O[C@H]1n1ccc2c(N)ncnc21.Nc1ccnc2c1ccn2[C@@H]1O[C@H](CO)[C@H](O)C1O. The number of hydrogen-bond donors (Lipinski definition) is 11. The summed E-state index contributed by atoms with van der Waals surface area (Å²) in [7, 11) is -16.7. The molecule has 4 aromatic heterocycles. The maximum atomic E-state index is 11.9. The van der Waals surface area contributed by atoms with Gasteiger partial charge in [-0.05, 0) is 25.1 Å². The van der Waals surface area contributed by atoms with Gasteiger partial charge in [-0.1, -0.05) is 13.8 Å². The van der Waals surface area contributed by atoms with Crippen molar-refractivity contribution in [3.05, 3.63) is 43.1 Å². The number of aromatic nitrogens is 5. The molecule has 27 heteroatoms. The summed E-state index contributed by atoms with van der Waals surface area (Å²) in [5, 5.41) is 51.2. The van der Waals surface area contributed by atoms with Crippen molar-refractivity contribution < 1.29 is 81.4 Å². The normalized spacial score (nSPS) is 29.5. The minimum absolute atomic E-state index is 0.149. The number of rotatable bonds is 10. The number of pyridine rings is 1. The van der Waals surface area contributed by atoms with Crippen molar-refractivity contribution in [1.82, 2.24) is 24.1 Å². The van der Waals surface area contributed by atoms with Crippen LogP contribution in [0.25, 0.3) is 22.1 Å². The van der Waals surface area contributed by atoms with Crippen LogP contribution in [0, 0.1) is 0 Å². The Morgan fingerprint density at radius 1 is 0.849 bits per heavy atom. The molecular formula is C26H40N7O17P3. The quantitative estimate of drug-likeness (QED) is 0.0909. The minimum atomic E-state index is -5.71. The first-order chi connectivity index (χ1) is 24.7. The maximum Gasteiger partial charge on any atom is 0.490 e. The molecule has 2 saturated heterocycles. The molecule has 2 fully saturated rings. The molecule has 296 valence electrons. The highest BCUT2D eigenvalue weighted by molar-refractivity contribution is 7.66. The van der Waals surface area contributed by atoms with E-state index in [0.717, 1.165) is 5.39 Å². The molecule has 0 amide bonds. The minimum Gasteiger partial charge on any atom is -0.398 e. The van der Waals surface area contributed by atoms with Crippen molar-refractivity contribution in [2.24, 2.45) is 0 Å². The molecule has 0 saturated carbocycles. The number of nitrogens with zero attached hydrogens (tertiary/aromatic N) is 5. The molecule has 0 bridgehead atoms. The van der Waals surface area contributed by atoms with E-state index in [9.17, 15) is 39.0 Å². The van der Waals surface area contributed by atoms with E-state index in [0.29, 0.717) is 16.7 Å². The van der Waals surface area contributed by atoms with Crippen LogP contribution in [0.5, 0.6) is 0 Å². The van der Waals surface area contributed by atoms with Crippen LogP contribution >= 0.6 is 23.5 Å². The molecule has 0 aliphatic carbocycles. The van der Waals surface area contributed by atoms with Crippen molar-refractivity contribution in [3.8, 4) is 0 Å². The van der Waals surface area contributed by atoms with Gasteiger partial charge in [-0.3, -0.25) is 4.52 Å². The lowest BCUT2D eigenvalue weighted by Crippen LogP contribution is -2.44. The number of anilines is 2. The molecule has 53 heavy (non-hydrogen) atoms. The largest absolute Gasteiger partial charge is 0.490 e. The van der Waals surface area contributed by atoms with Gasteiger partial charge in [-0.2, -0.15) is 8.62 Å². The molecule has 4 aromatic rings. The summed E-state index contributed by atoms with van der Waals surface area (Å²) in [5.41, 5.74) is 11.0. The zero-order valence-electron chi connectivity index (χ0n) is 28.0. The lowest BCUT2D eigenvalue weighted by molar-refractivity contribution is -0.0947. The first-order valence-electron chi connectivity index (χ1n) is 15.4. The molecule has 2 aliphatic rings. The fraction of sp³-hybridized carbons (Fsp3) is 0.500. The van der Waals surface area contributed by atoms with E-state index >= 15 is 0 Å². The van der Waals surface area contributed by atoms with E-state index in [1.807, 2.05) is 13.8 Å². The van der Waals surface area contributed by atoms with Crippen molar-refractivity contribution in [2.75, 3.05) is 24.7 Å². The lowest BCUT2D eigenvalue weighted by atomic mass is 9.96. The molecule has 4 unspecified atom stereocenters. The van der Waals surface area contributed by atoms with Crippen molar-refractivity contribution >= 4 is 57.0 Å². The van der Waals surface area contributed by atoms with Gasteiger partial charge in [0.25, 0.3) is 0 Å². The highest BCUT2D eigenvalue weighted by Gasteiger charge is 2.54. The van der Waals surface area contributed by atoms with Gasteiger partial charge in [-0.15, -0.1) is 0 Å². The monoisotopic (exact) mass is 815 g/mol. The van der Waals surface area contributed by atoms with Crippen LogP contribution in [0.2, 0.25) is 0 Å². The predicted octanol–water partition coefficient (Wildman–Crippen LogP) is -0.378. The van der Waals surface area contributed by atoms with E-state index in [2.05, 4.69) is 28.1 Å². The Balaban J connectivity index is 0.000000253. The van der Waals surface area contributed by atoms with Crippen LogP contribution in [0.4, 0.5) is 11.5 Å². The van der Waals surface area contributed by atoms with E-state index in [4.69, 9.17) is 40.7 Å². The summed E-state index contributed by atoms with van der Waals surface area (Å²) in [6, 6.07) is 4.99. The van der Waals surface area contributed by atoms with Gasteiger partial charge in [0, 0.05) is 29.7 Å². The number of phosphoric acid groups is 3. The molecule has 10 atom stereocenters. The van der Waals surface area contributed by atoms with Crippen molar-refractivity contribution in [2.45, 2.75) is 69.3 Å². The zero-order chi connectivity index (χ0) is 39.7. The summed E-state index contributed by atoms with van der Waals surface area (Å²) in [4.78, 5) is 47.8. The van der Waals surface area contributed by atoms with Crippen LogP contribution in [0.15, 0.2) is 43.1 Å². The molecule has 6 heterocycles. The number of nitrogens with two attached hydrogens (primary N) is 2. The number of hydrogen-bond acceptors (Lipinski definition) is 18. The predicted molar refractivity (Wildman–Crippen MR) is 181 cm³/mol. The number of ether oxygens (including phenoxy) is 2. The third-order valence-electron chi connectivity index (χ3n) is 7.81. The molecule has 2 aliphatic heterocycles. The molecule has 24 nitrogen and oxygen atoms in total. The Labute approximate surface area is 299 Å². The highest BCUT2D eigenvalue weighted by atomic mass is 31.3. The van der Waals surface area contributed by atoms with Crippen LogP contribution < -0.4 is 11.5 Å². The second-order valence-electron chi connectivity index (χ2n) is 11.4. The number of fused-ring (bicyclic) bond motifs is 2. The second-order valence-corrected chi connectivity index (χ2v) is 15.8. The number of phosphoric ester groups is 1. The average Bonchev–Trinajstić information content (AvgIpc) is 3.81. The molecule has 6 rings (SSSR count). The molecule has 13 N–H and O–H groups in total. The van der Waals surface area contributed by atoms with Crippen molar-refractivity contribution in [1.29, 1.82) is 0 Å². The number of aliphatic hydroxyl groups is 5. The van der Waals surface area contributed by atoms with Crippen LogP contribution in [0.1, 0.15) is 33.2 Å². The standard InChI is InChI=1S/C12H19N4O13P3.C12H15N3O4.C2H6/c1-12(18)8(17)7(4-26-31(22,23)29-32(24,25)28-30(19,20)21)27-11(12)16-3-2-6-9(13)14-5-15-10(6)16;13-7-1-3-14-11-6(7)2-4-15(11)12-10(18)9(17)8(5-16)19-12;1-2/h2-3,5,7-8,11,17-18H,4H2,1H3,(H,22,23)(H,24,25)(H2,13,14,15)(H2,19,20,21);1-4,8-10,12,16-18H,5H2,(H2,13,14);1-2H3/t7-,8+,11-,12?;8-,9+,10?,12-;/m11./s1. The van der Waals surface area contributed by atoms with Gasteiger partial charge in [0.2, 0.25) is 0 Å². The van der Waals surface area contributed by atoms with Gasteiger partial charge in [-0.25, -0.2) is 28.6 Å². The van der Waals surface area contributed by atoms with E-state index < -0.39 is 78.7 Å². The Hall–Kier alpha value is -2.96. The maximum absolute atomic E-state index is 11.9. The Morgan fingerprint density at radius 3 is 2.09 bits per heavy atom. The molecule has 0 spiro atoms. The smallest absolute Gasteiger partial charge is 0.398 e.